The molecule has 0 radical (unpaired) electrons. The molecule has 2 aromatic heterocycles. The number of aryl methyl sites for hydroxylation is 3. The minimum absolute atomic E-state index is 0.0934. The van der Waals surface area contributed by atoms with Crippen LogP contribution >= 0.6 is 23.1 Å². The third-order valence-electron chi connectivity index (χ3n) is 4.49. The Morgan fingerprint density at radius 1 is 1.13 bits per heavy atom. The van der Waals surface area contributed by atoms with Gasteiger partial charge >= 0.3 is 0 Å². The number of thiazole rings is 1. The van der Waals surface area contributed by atoms with E-state index in [0.717, 1.165) is 21.8 Å². The molecule has 3 aromatic rings. The summed E-state index contributed by atoms with van der Waals surface area (Å²) in [6.45, 7) is 7.67. The van der Waals surface area contributed by atoms with Gasteiger partial charge < -0.3 is 15.2 Å². The van der Waals surface area contributed by atoms with E-state index < -0.39 is 5.25 Å². The van der Waals surface area contributed by atoms with Crippen molar-refractivity contribution in [2.45, 2.75) is 44.5 Å². The van der Waals surface area contributed by atoms with Crippen molar-refractivity contribution in [3.8, 4) is 0 Å². The molecule has 0 saturated carbocycles. The Bertz CT molecular complexity index is 1040. The molecule has 2 N–H and O–H groups in total. The zero-order valence-corrected chi connectivity index (χ0v) is 19.1. The molecule has 0 bridgehead atoms. The molecule has 0 fully saturated rings. The molecule has 8 nitrogen and oxygen atoms in total. The van der Waals surface area contributed by atoms with E-state index in [1.165, 1.54) is 23.1 Å². The van der Waals surface area contributed by atoms with Gasteiger partial charge in [0.1, 0.15) is 5.82 Å². The number of carbonyl (C=O) groups is 2. The number of anilines is 2. The van der Waals surface area contributed by atoms with Gasteiger partial charge in [0.15, 0.2) is 10.3 Å². The highest BCUT2D eigenvalue weighted by molar-refractivity contribution is 8.00. The second-order valence-corrected chi connectivity index (χ2v) is 9.47. The molecule has 158 valence electrons. The van der Waals surface area contributed by atoms with Crippen LogP contribution in [0.15, 0.2) is 29.4 Å². The van der Waals surface area contributed by atoms with Crippen LogP contribution in [0.3, 0.4) is 0 Å². The SMILES string of the molecule is Cc1ccc(NC(=O)Cc2nnc(S[C@@H](C)C(=O)Nc3nc(C)c(C)s3)n2C)cc1. The van der Waals surface area contributed by atoms with E-state index in [1.54, 1.807) is 18.5 Å². The highest BCUT2D eigenvalue weighted by Crippen LogP contribution is 2.25. The maximum Gasteiger partial charge on any atom is 0.239 e. The molecule has 0 spiro atoms. The first-order valence-electron chi connectivity index (χ1n) is 9.39. The summed E-state index contributed by atoms with van der Waals surface area (Å²) in [5.41, 5.74) is 2.78. The van der Waals surface area contributed by atoms with Crippen molar-refractivity contribution in [1.29, 1.82) is 0 Å². The largest absolute Gasteiger partial charge is 0.326 e. The summed E-state index contributed by atoms with van der Waals surface area (Å²) < 4.78 is 1.74. The fourth-order valence-electron chi connectivity index (χ4n) is 2.53. The van der Waals surface area contributed by atoms with Gasteiger partial charge in [0.05, 0.1) is 17.4 Å². The monoisotopic (exact) mass is 444 g/mol. The molecular weight excluding hydrogens is 420 g/mol. The lowest BCUT2D eigenvalue weighted by Gasteiger charge is -2.10. The minimum Gasteiger partial charge on any atom is -0.326 e. The van der Waals surface area contributed by atoms with Crippen LogP contribution in [0, 0.1) is 20.8 Å². The molecule has 0 aliphatic carbocycles. The van der Waals surface area contributed by atoms with Crippen LogP contribution in [0.4, 0.5) is 10.8 Å². The number of rotatable bonds is 7. The maximum absolute atomic E-state index is 12.5. The van der Waals surface area contributed by atoms with Gasteiger partial charge in [0, 0.05) is 17.6 Å². The number of hydrogen-bond acceptors (Lipinski definition) is 7. The lowest BCUT2D eigenvalue weighted by molar-refractivity contribution is -0.116. The lowest BCUT2D eigenvalue weighted by Crippen LogP contribution is -2.23. The molecule has 0 unspecified atom stereocenters. The Morgan fingerprint density at radius 2 is 1.83 bits per heavy atom. The summed E-state index contributed by atoms with van der Waals surface area (Å²) in [4.78, 5) is 30.2. The molecular formula is C20H24N6O2S2. The van der Waals surface area contributed by atoms with Crippen LogP contribution < -0.4 is 10.6 Å². The number of amides is 2. The number of carbonyl (C=O) groups excluding carboxylic acids is 2. The first-order chi connectivity index (χ1) is 14.2. The van der Waals surface area contributed by atoms with Gasteiger partial charge in [-0.3, -0.25) is 9.59 Å². The van der Waals surface area contributed by atoms with Crippen molar-refractivity contribution in [1.82, 2.24) is 19.7 Å². The van der Waals surface area contributed by atoms with Crippen molar-refractivity contribution in [3.63, 3.8) is 0 Å². The van der Waals surface area contributed by atoms with E-state index in [0.29, 0.717) is 16.1 Å². The first-order valence-corrected chi connectivity index (χ1v) is 11.1. The predicted molar refractivity (Wildman–Crippen MR) is 120 cm³/mol. The molecule has 10 heteroatoms. The Morgan fingerprint density at radius 3 is 2.47 bits per heavy atom. The molecule has 30 heavy (non-hydrogen) atoms. The highest BCUT2D eigenvalue weighted by atomic mass is 32.2. The summed E-state index contributed by atoms with van der Waals surface area (Å²) in [7, 11) is 1.79. The van der Waals surface area contributed by atoms with Crippen molar-refractivity contribution in [2.75, 3.05) is 10.6 Å². The van der Waals surface area contributed by atoms with Gasteiger partial charge in [0.2, 0.25) is 11.8 Å². The smallest absolute Gasteiger partial charge is 0.239 e. The molecule has 2 heterocycles. The Labute approximate surface area is 183 Å². The summed E-state index contributed by atoms with van der Waals surface area (Å²) in [5, 5.41) is 14.7. The Kier molecular flexibility index (Phi) is 6.88. The van der Waals surface area contributed by atoms with Crippen molar-refractivity contribution in [2.24, 2.45) is 7.05 Å². The first kappa shape index (κ1) is 22.0. The fraction of sp³-hybridized carbons (Fsp3) is 0.350. The number of benzene rings is 1. The molecule has 2 amide bonds. The van der Waals surface area contributed by atoms with Crippen LogP contribution in [0.2, 0.25) is 0 Å². The van der Waals surface area contributed by atoms with Gasteiger partial charge in [-0.05, 0) is 39.8 Å². The van der Waals surface area contributed by atoms with Crippen molar-refractivity contribution < 1.29 is 9.59 Å². The second kappa shape index (κ2) is 9.40. The van der Waals surface area contributed by atoms with E-state index in [9.17, 15) is 9.59 Å². The molecule has 1 atom stereocenters. The van der Waals surface area contributed by atoms with Gasteiger partial charge in [-0.2, -0.15) is 0 Å². The number of aromatic nitrogens is 4. The minimum atomic E-state index is -0.397. The van der Waals surface area contributed by atoms with Crippen molar-refractivity contribution >= 4 is 45.7 Å². The molecule has 1 aromatic carbocycles. The van der Waals surface area contributed by atoms with Gasteiger partial charge in [-0.25, -0.2) is 4.98 Å². The Balaban J connectivity index is 1.58. The zero-order valence-electron chi connectivity index (χ0n) is 17.5. The van der Waals surface area contributed by atoms with E-state index in [2.05, 4.69) is 25.8 Å². The van der Waals surface area contributed by atoms with Crippen LogP contribution in [-0.2, 0) is 23.1 Å². The van der Waals surface area contributed by atoms with Crippen LogP contribution in [0.5, 0.6) is 0 Å². The topological polar surface area (TPSA) is 102 Å². The summed E-state index contributed by atoms with van der Waals surface area (Å²) in [6, 6.07) is 7.59. The van der Waals surface area contributed by atoms with Gasteiger partial charge in [0.25, 0.3) is 0 Å². The average molecular weight is 445 g/mol. The maximum atomic E-state index is 12.5. The molecule has 0 saturated heterocycles. The van der Waals surface area contributed by atoms with E-state index in [1.807, 2.05) is 45.0 Å². The van der Waals surface area contributed by atoms with E-state index >= 15 is 0 Å². The summed E-state index contributed by atoms with van der Waals surface area (Å²) in [6.07, 6.45) is 0.0934. The van der Waals surface area contributed by atoms with Crippen LogP contribution in [0.25, 0.3) is 0 Å². The zero-order chi connectivity index (χ0) is 21.8. The summed E-state index contributed by atoms with van der Waals surface area (Å²) >= 11 is 2.74. The van der Waals surface area contributed by atoms with Gasteiger partial charge in [-0.15, -0.1) is 21.5 Å². The molecule has 0 aliphatic heterocycles. The van der Waals surface area contributed by atoms with Crippen LogP contribution in [-0.4, -0.2) is 36.8 Å². The van der Waals surface area contributed by atoms with E-state index in [-0.39, 0.29) is 18.2 Å². The highest BCUT2D eigenvalue weighted by Gasteiger charge is 2.21. The molecule has 0 aliphatic rings. The standard InChI is InChI=1S/C20H24N6O2S2/c1-11-6-8-15(9-7-11)22-17(27)10-16-24-25-20(26(16)5)30-14(4)18(28)23-19-21-12(2)13(3)29-19/h6-9,14H,10H2,1-5H3,(H,22,27)(H,21,23,28)/t14-/m0/s1. The normalized spacial score (nSPS) is 11.9. The van der Waals surface area contributed by atoms with Crippen LogP contribution in [0.1, 0.15) is 28.9 Å². The summed E-state index contributed by atoms with van der Waals surface area (Å²) in [5.74, 6) is 0.197. The van der Waals surface area contributed by atoms with Gasteiger partial charge in [-0.1, -0.05) is 29.5 Å². The number of hydrogen-bond donors (Lipinski definition) is 2. The average Bonchev–Trinajstić information content (AvgIpc) is 3.19. The van der Waals surface area contributed by atoms with E-state index in [4.69, 9.17) is 0 Å². The Hall–Kier alpha value is -2.72. The third kappa shape index (κ3) is 5.45. The fourth-order valence-corrected chi connectivity index (χ4v) is 4.18. The quantitative estimate of drug-likeness (QED) is 0.541. The predicted octanol–water partition coefficient (Wildman–Crippen LogP) is 3.50. The van der Waals surface area contributed by atoms with Crippen molar-refractivity contribution in [3.05, 3.63) is 46.2 Å². The number of nitrogens with zero attached hydrogens (tertiary/aromatic N) is 4. The molecule has 3 rings (SSSR count). The number of thioether (sulfide) groups is 1. The second-order valence-electron chi connectivity index (χ2n) is 6.96. The number of nitrogens with one attached hydrogen (secondary N) is 2. The third-order valence-corrected chi connectivity index (χ3v) is 6.61. The lowest BCUT2D eigenvalue weighted by atomic mass is 10.2.